The molecular weight excluding hydrogens is 373 g/mol. The Morgan fingerprint density at radius 1 is 1.07 bits per heavy atom. The van der Waals surface area contributed by atoms with Crippen LogP contribution in [0.1, 0.15) is 21.5 Å². The quantitative estimate of drug-likeness (QED) is 0.665. The van der Waals surface area contributed by atoms with Gasteiger partial charge in [0.1, 0.15) is 18.2 Å². The first-order valence-corrected chi connectivity index (χ1v) is 9.15. The van der Waals surface area contributed by atoms with Crippen LogP contribution in [0.5, 0.6) is 5.75 Å². The summed E-state index contributed by atoms with van der Waals surface area (Å²) in [6, 6.07) is 20.1. The fourth-order valence-electron chi connectivity index (χ4n) is 3.11. The molecular formula is C23H18FNO4. The van der Waals surface area contributed by atoms with E-state index in [0.717, 1.165) is 11.1 Å². The molecule has 4 rings (SSSR count). The molecule has 0 aromatic heterocycles. The molecule has 0 fully saturated rings. The maximum atomic E-state index is 13.0. The van der Waals surface area contributed by atoms with Gasteiger partial charge in [0.25, 0.3) is 5.91 Å². The lowest BCUT2D eigenvalue weighted by Crippen LogP contribution is -2.37. The zero-order valence-corrected chi connectivity index (χ0v) is 15.4. The second-order valence-corrected chi connectivity index (χ2v) is 6.69. The van der Waals surface area contributed by atoms with Gasteiger partial charge in [-0.15, -0.1) is 0 Å². The average molecular weight is 391 g/mol. The number of halogens is 1. The molecule has 146 valence electrons. The number of carbonyl (C=O) groups excluding carboxylic acids is 2. The normalized spacial score (nSPS) is 15.2. The number of benzene rings is 3. The summed E-state index contributed by atoms with van der Waals surface area (Å²) < 4.78 is 24.0. The molecule has 29 heavy (non-hydrogen) atoms. The van der Waals surface area contributed by atoms with Gasteiger partial charge in [-0.2, -0.15) is 0 Å². The van der Waals surface area contributed by atoms with Gasteiger partial charge >= 0.3 is 5.97 Å². The highest BCUT2D eigenvalue weighted by atomic mass is 19.1. The van der Waals surface area contributed by atoms with Crippen molar-refractivity contribution in [3.63, 3.8) is 0 Å². The third-order valence-electron chi connectivity index (χ3n) is 4.60. The first-order chi connectivity index (χ1) is 14.1. The molecule has 0 aliphatic carbocycles. The molecule has 0 bridgehead atoms. The fraction of sp³-hybridized carbons (Fsp3) is 0.130. The van der Waals surface area contributed by atoms with Crippen LogP contribution >= 0.6 is 0 Å². The van der Waals surface area contributed by atoms with Crippen molar-refractivity contribution < 1.29 is 23.5 Å². The average Bonchev–Trinajstić information content (AvgIpc) is 2.73. The summed E-state index contributed by atoms with van der Waals surface area (Å²) in [6.45, 7) is 0.273. The molecule has 1 amide bonds. The fourth-order valence-corrected chi connectivity index (χ4v) is 3.11. The molecule has 1 aliphatic heterocycles. The number of carbonyl (C=O) groups is 2. The van der Waals surface area contributed by atoms with E-state index in [1.807, 2.05) is 12.1 Å². The van der Waals surface area contributed by atoms with E-state index in [0.29, 0.717) is 23.4 Å². The Hall–Kier alpha value is -3.67. The predicted octanol–water partition coefficient (Wildman–Crippen LogP) is 4.12. The van der Waals surface area contributed by atoms with Gasteiger partial charge in [-0.1, -0.05) is 36.4 Å². The van der Waals surface area contributed by atoms with Crippen LogP contribution in [-0.4, -0.2) is 18.0 Å². The third kappa shape index (κ3) is 4.43. The molecule has 0 unspecified atom stereocenters. The molecule has 1 heterocycles. The summed E-state index contributed by atoms with van der Waals surface area (Å²) >= 11 is 0. The van der Waals surface area contributed by atoms with E-state index in [1.54, 1.807) is 48.5 Å². The van der Waals surface area contributed by atoms with Crippen LogP contribution < -0.4 is 10.1 Å². The Morgan fingerprint density at radius 2 is 1.86 bits per heavy atom. The number of esters is 1. The van der Waals surface area contributed by atoms with Gasteiger partial charge in [-0.3, -0.25) is 4.79 Å². The lowest BCUT2D eigenvalue weighted by molar-refractivity contribution is -0.125. The third-order valence-corrected chi connectivity index (χ3v) is 4.60. The van der Waals surface area contributed by atoms with E-state index in [-0.39, 0.29) is 12.4 Å². The molecule has 1 atom stereocenters. The minimum absolute atomic E-state index is 0.273. The van der Waals surface area contributed by atoms with Crippen LogP contribution in [0.4, 0.5) is 10.1 Å². The summed E-state index contributed by atoms with van der Waals surface area (Å²) in [7, 11) is 0. The summed E-state index contributed by atoms with van der Waals surface area (Å²) in [5.41, 5.74) is 2.64. The number of hydrogen-bond donors (Lipinski definition) is 1. The number of anilines is 1. The number of rotatable bonds is 5. The Labute approximate surface area is 167 Å². The van der Waals surface area contributed by atoms with Crippen molar-refractivity contribution in [2.45, 2.75) is 19.1 Å². The number of ether oxygens (including phenoxy) is 2. The molecule has 3 aromatic carbocycles. The number of fused-ring (bicyclic) bond motifs is 1. The standard InChI is InChI=1S/C23H18FNO4/c24-17-10-8-15(9-11-17)14-28-19-6-3-5-18(13-19)25-22(26)21-12-16-4-1-2-7-20(16)23(27)29-21/h1-11,13,21H,12,14H2,(H,25,26)/t21-/m0/s1. The summed E-state index contributed by atoms with van der Waals surface area (Å²) in [6.07, 6.45) is -0.560. The zero-order chi connectivity index (χ0) is 20.2. The highest BCUT2D eigenvalue weighted by Crippen LogP contribution is 2.23. The Bertz CT molecular complexity index is 1050. The zero-order valence-electron chi connectivity index (χ0n) is 15.4. The summed E-state index contributed by atoms with van der Waals surface area (Å²) in [4.78, 5) is 24.7. The van der Waals surface area contributed by atoms with E-state index in [4.69, 9.17) is 9.47 Å². The van der Waals surface area contributed by atoms with Crippen molar-refractivity contribution in [2.75, 3.05) is 5.32 Å². The van der Waals surface area contributed by atoms with Crippen LogP contribution in [0, 0.1) is 5.82 Å². The van der Waals surface area contributed by atoms with Gasteiger partial charge in [0.15, 0.2) is 6.10 Å². The Morgan fingerprint density at radius 3 is 2.69 bits per heavy atom. The van der Waals surface area contributed by atoms with Gasteiger partial charge in [-0.25, -0.2) is 9.18 Å². The largest absolute Gasteiger partial charge is 0.489 e. The molecule has 3 aromatic rings. The Kier molecular flexibility index (Phi) is 5.24. The van der Waals surface area contributed by atoms with E-state index in [1.165, 1.54) is 12.1 Å². The lowest BCUT2D eigenvalue weighted by Gasteiger charge is -2.23. The SMILES string of the molecule is O=C1O[C@H](C(=O)Nc2cccc(OCc3ccc(F)cc3)c2)Cc2ccccc21. The van der Waals surface area contributed by atoms with Crippen LogP contribution in [-0.2, 0) is 22.6 Å². The second kappa shape index (κ2) is 8.14. The molecule has 0 saturated carbocycles. The lowest BCUT2D eigenvalue weighted by atomic mass is 9.98. The molecule has 0 spiro atoms. The summed E-state index contributed by atoms with van der Waals surface area (Å²) in [5, 5.41) is 2.76. The van der Waals surface area contributed by atoms with E-state index in [2.05, 4.69) is 5.32 Å². The monoisotopic (exact) mass is 391 g/mol. The molecule has 6 heteroatoms. The van der Waals surface area contributed by atoms with Crippen LogP contribution in [0.15, 0.2) is 72.8 Å². The van der Waals surface area contributed by atoms with Crippen LogP contribution in [0.25, 0.3) is 0 Å². The van der Waals surface area contributed by atoms with Gasteiger partial charge in [0.05, 0.1) is 5.56 Å². The first kappa shape index (κ1) is 18.7. The van der Waals surface area contributed by atoms with E-state index in [9.17, 15) is 14.0 Å². The van der Waals surface area contributed by atoms with E-state index < -0.39 is 18.0 Å². The number of cyclic esters (lactones) is 1. The second-order valence-electron chi connectivity index (χ2n) is 6.69. The highest BCUT2D eigenvalue weighted by molar-refractivity contribution is 6.00. The molecule has 5 nitrogen and oxygen atoms in total. The number of hydrogen-bond acceptors (Lipinski definition) is 4. The minimum atomic E-state index is -0.888. The van der Waals surface area contributed by atoms with Crippen LogP contribution in [0.2, 0.25) is 0 Å². The van der Waals surface area contributed by atoms with Crippen molar-refractivity contribution in [1.82, 2.24) is 0 Å². The molecule has 1 aliphatic rings. The first-order valence-electron chi connectivity index (χ1n) is 9.15. The Balaban J connectivity index is 1.39. The summed E-state index contributed by atoms with van der Waals surface area (Å²) in [5.74, 6) is -0.644. The maximum absolute atomic E-state index is 13.0. The predicted molar refractivity (Wildman–Crippen MR) is 105 cm³/mol. The smallest absolute Gasteiger partial charge is 0.339 e. The van der Waals surface area contributed by atoms with Gasteiger partial charge in [-0.05, 0) is 41.5 Å². The van der Waals surface area contributed by atoms with Gasteiger partial charge in [0, 0.05) is 18.2 Å². The molecule has 0 radical (unpaired) electrons. The van der Waals surface area contributed by atoms with Crippen molar-refractivity contribution in [2.24, 2.45) is 0 Å². The minimum Gasteiger partial charge on any atom is -0.489 e. The van der Waals surface area contributed by atoms with Crippen molar-refractivity contribution >= 4 is 17.6 Å². The number of amides is 1. The van der Waals surface area contributed by atoms with Crippen molar-refractivity contribution in [1.29, 1.82) is 0 Å². The molecule has 0 saturated heterocycles. The van der Waals surface area contributed by atoms with Crippen molar-refractivity contribution in [3.05, 3.63) is 95.3 Å². The number of nitrogens with one attached hydrogen (secondary N) is 1. The highest BCUT2D eigenvalue weighted by Gasteiger charge is 2.31. The van der Waals surface area contributed by atoms with Crippen LogP contribution in [0.3, 0.4) is 0 Å². The van der Waals surface area contributed by atoms with Gasteiger partial charge in [0.2, 0.25) is 0 Å². The maximum Gasteiger partial charge on any atom is 0.339 e. The van der Waals surface area contributed by atoms with Crippen molar-refractivity contribution in [3.8, 4) is 5.75 Å². The topological polar surface area (TPSA) is 64.6 Å². The van der Waals surface area contributed by atoms with E-state index >= 15 is 0 Å². The van der Waals surface area contributed by atoms with Gasteiger partial charge < -0.3 is 14.8 Å². The molecule has 1 N–H and O–H groups in total.